The van der Waals surface area contributed by atoms with E-state index in [1.807, 2.05) is 48.6 Å². The van der Waals surface area contributed by atoms with E-state index in [1.54, 1.807) is 0 Å². The van der Waals surface area contributed by atoms with Gasteiger partial charge >= 0.3 is 0 Å². The monoisotopic (exact) mass is 423 g/mol. The molecule has 0 radical (unpaired) electrons. The predicted octanol–water partition coefficient (Wildman–Crippen LogP) is 5.27. The van der Waals surface area contributed by atoms with Crippen molar-refractivity contribution in [2.75, 3.05) is 13.6 Å². The molecule has 1 unspecified atom stereocenters. The van der Waals surface area contributed by atoms with Crippen LogP contribution in [0.25, 0.3) is 39.6 Å². The maximum absolute atomic E-state index is 13.8. The summed E-state index contributed by atoms with van der Waals surface area (Å²) in [5.41, 5.74) is 5.92. The number of hydrogen-bond donors (Lipinski definition) is 0. The number of benzene rings is 2. The lowest BCUT2D eigenvalue weighted by Gasteiger charge is -2.31. The van der Waals surface area contributed by atoms with Gasteiger partial charge in [0, 0.05) is 41.4 Å². The second kappa shape index (κ2) is 7.94. The van der Waals surface area contributed by atoms with E-state index in [0.717, 1.165) is 63.2 Å². The minimum atomic E-state index is 0.0338. The highest BCUT2D eigenvalue weighted by atomic mass is 16.1. The number of hydrogen-bond acceptors (Lipinski definition) is 3. The van der Waals surface area contributed by atoms with Crippen LogP contribution in [-0.2, 0) is 0 Å². The Morgan fingerprint density at radius 3 is 2.69 bits per heavy atom. The Bertz CT molecular complexity index is 1520. The quantitative estimate of drug-likeness (QED) is 0.326. The molecule has 0 N–H and O–H groups in total. The minimum Gasteiger partial charge on any atom is -0.378 e. The molecule has 0 fully saturated rings. The molecule has 4 heteroatoms. The molecule has 162 valence electrons. The molecule has 4 nitrogen and oxygen atoms in total. The fraction of sp³-hybridized carbons (Fsp3) is 0.286. The third-order valence-electron chi connectivity index (χ3n) is 6.74. The van der Waals surface area contributed by atoms with Crippen molar-refractivity contribution in [3.05, 3.63) is 80.9 Å². The topological polar surface area (TPSA) is 37.6 Å². The van der Waals surface area contributed by atoms with E-state index >= 15 is 0 Å². The number of aromatic nitrogens is 2. The van der Waals surface area contributed by atoms with Gasteiger partial charge in [-0.25, -0.2) is 4.98 Å². The van der Waals surface area contributed by atoms with E-state index in [9.17, 15) is 4.79 Å². The van der Waals surface area contributed by atoms with Crippen LogP contribution in [0.3, 0.4) is 0 Å². The molecule has 2 aliphatic carbocycles. The zero-order valence-corrected chi connectivity index (χ0v) is 19.2. The van der Waals surface area contributed by atoms with Crippen LogP contribution in [0.4, 0.5) is 0 Å². The van der Waals surface area contributed by atoms with Crippen molar-refractivity contribution in [3.63, 3.8) is 0 Å². The molecule has 4 aromatic rings. The van der Waals surface area contributed by atoms with Gasteiger partial charge in [-0.2, -0.15) is 0 Å². The van der Waals surface area contributed by atoms with Gasteiger partial charge in [-0.3, -0.25) is 9.20 Å². The van der Waals surface area contributed by atoms with Gasteiger partial charge in [0.15, 0.2) is 0 Å². The molecule has 2 heterocycles. The summed E-state index contributed by atoms with van der Waals surface area (Å²) in [6.45, 7) is 7.11. The third kappa shape index (κ3) is 2.82. The normalized spacial score (nSPS) is 16.8. The number of fused-ring (bicyclic) bond motifs is 3. The van der Waals surface area contributed by atoms with Crippen LogP contribution in [0, 0.1) is 0 Å². The van der Waals surface area contributed by atoms with Gasteiger partial charge in [-0.05, 0) is 55.0 Å². The van der Waals surface area contributed by atoms with Gasteiger partial charge in [-0.1, -0.05) is 50.3 Å². The lowest BCUT2D eigenvalue weighted by molar-refractivity contribution is 0.398. The number of allylic oxidation sites excluding steroid dienone is 3. The number of pyridine rings is 1. The lowest BCUT2D eigenvalue weighted by atomic mass is 9.85. The summed E-state index contributed by atoms with van der Waals surface area (Å²) in [6.07, 6.45) is 10.6. The van der Waals surface area contributed by atoms with Crippen molar-refractivity contribution in [1.82, 2.24) is 14.3 Å². The Balaban J connectivity index is 0.00000105. The second-order valence-corrected chi connectivity index (χ2v) is 8.27. The van der Waals surface area contributed by atoms with Gasteiger partial charge in [0.1, 0.15) is 5.65 Å². The van der Waals surface area contributed by atoms with E-state index in [-0.39, 0.29) is 11.5 Å². The van der Waals surface area contributed by atoms with Crippen LogP contribution in [0.1, 0.15) is 50.7 Å². The van der Waals surface area contributed by atoms with Crippen LogP contribution >= 0.6 is 0 Å². The maximum atomic E-state index is 13.8. The molecular formula is C28H29N3O. The van der Waals surface area contributed by atoms with Crippen molar-refractivity contribution >= 4 is 39.6 Å². The maximum Gasteiger partial charge on any atom is 0.264 e. The number of rotatable bonds is 2. The van der Waals surface area contributed by atoms with Crippen molar-refractivity contribution in [3.8, 4) is 0 Å². The van der Waals surface area contributed by atoms with Gasteiger partial charge in [0.2, 0.25) is 0 Å². The zero-order chi connectivity index (χ0) is 22.4. The molecule has 0 aliphatic heterocycles. The van der Waals surface area contributed by atoms with Crippen molar-refractivity contribution < 1.29 is 0 Å². The van der Waals surface area contributed by atoms with Crippen LogP contribution in [-0.4, -0.2) is 27.9 Å². The first kappa shape index (κ1) is 20.5. The van der Waals surface area contributed by atoms with Crippen LogP contribution in [0.15, 0.2) is 59.0 Å². The first-order valence-electron chi connectivity index (χ1n) is 11.7. The Hall–Kier alpha value is -3.40. The van der Waals surface area contributed by atoms with E-state index in [4.69, 9.17) is 4.98 Å². The highest BCUT2D eigenvalue weighted by molar-refractivity contribution is 6.08. The van der Waals surface area contributed by atoms with Gasteiger partial charge in [-0.15, -0.1) is 0 Å². The molecule has 1 atom stereocenters. The average Bonchev–Trinajstić information content (AvgIpc) is 3.07. The largest absolute Gasteiger partial charge is 0.378 e. The fourth-order valence-electron chi connectivity index (χ4n) is 5.21. The minimum absolute atomic E-state index is 0.0338. The Kier molecular flexibility index (Phi) is 5.09. The molecule has 6 rings (SSSR count). The van der Waals surface area contributed by atoms with Gasteiger partial charge < -0.3 is 4.90 Å². The highest BCUT2D eigenvalue weighted by Gasteiger charge is 2.29. The Labute approximate surface area is 188 Å². The van der Waals surface area contributed by atoms with Crippen molar-refractivity contribution in [2.45, 2.75) is 39.5 Å². The molecule has 2 aliphatic rings. The SMILES string of the molecule is CC.CCN(C)C1=CC=c2c3c(c(=O)n4c2nc2cccc5cccc4c52)C=CCCC13. The molecule has 2 aromatic heterocycles. The molecule has 0 amide bonds. The van der Waals surface area contributed by atoms with E-state index < -0.39 is 0 Å². The summed E-state index contributed by atoms with van der Waals surface area (Å²) in [5.74, 6) is 0.224. The summed E-state index contributed by atoms with van der Waals surface area (Å²) >= 11 is 0. The smallest absolute Gasteiger partial charge is 0.264 e. The van der Waals surface area contributed by atoms with Gasteiger partial charge in [0.05, 0.1) is 11.0 Å². The predicted molar refractivity (Wildman–Crippen MR) is 135 cm³/mol. The molecule has 0 spiro atoms. The second-order valence-electron chi connectivity index (χ2n) is 8.27. The first-order valence-corrected chi connectivity index (χ1v) is 11.7. The average molecular weight is 424 g/mol. The molecular weight excluding hydrogens is 394 g/mol. The number of likely N-dealkylation sites (N-methyl/N-ethyl adjacent to an activating group) is 1. The summed E-state index contributed by atoms with van der Waals surface area (Å²) in [6, 6.07) is 12.3. The van der Waals surface area contributed by atoms with Crippen molar-refractivity contribution in [1.29, 1.82) is 0 Å². The first-order chi connectivity index (χ1) is 15.7. The van der Waals surface area contributed by atoms with E-state index in [1.165, 1.54) is 5.70 Å². The molecule has 2 aromatic carbocycles. The Morgan fingerprint density at radius 1 is 1.12 bits per heavy atom. The number of nitrogens with zero attached hydrogens (tertiary/aromatic N) is 3. The fourth-order valence-corrected chi connectivity index (χ4v) is 5.21. The lowest BCUT2D eigenvalue weighted by Crippen LogP contribution is -2.34. The van der Waals surface area contributed by atoms with Crippen LogP contribution in [0.5, 0.6) is 0 Å². The molecule has 0 saturated heterocycles. The third-order valence-corrected chi connectivity index (χ3v) is 6.74. The molecule has 0 saturated carbocycles. The summed E-state index contributed by atoms with van der Waals surface area (Å²) in [4.78, 5) is 21.2. The highest BCUT2D eigenvalue weighted by Crippen LogP contribution is 2.36. The van der Waals surface area contributed by atoms with E-state index in [0.29, 0.717) is 0 Å². The zero-order valence-electron chi connectivity index (χ0n) is 19.2. The van der Waals surface area contributed by atoms with Gasteiger partial charge in [0.25, 0.3) is 5.56 Å². The summed E-state index contributed by atoms with van der Waals surface area (Å²) in [7, 11) is 2.13. The van der Waals surface area contributed by atoms with Crippen LogP contribution < -0.4 is 10.8 Å². The van der Waals surface area contributed by atoms with Crippen LogP contribution in [0.2, 0.25) is 0 Å². The Morgan fingerprint density at radius 2 is 1.91 bits per heavy atom. The molecule has 0 bridgehead atoms. The molecule has 32 heavy (non-hydrogen) atoms. The summed E-state index contributed by atoms with van der Waals surface area (Å²) in [5, 5.41) is 3.24. The standard InChI is InChI=1S/C26H23N3O.C2H6/c1-3-28(2)21-15-14-18-24-17(21)10-4-5-11-19(24)26(30)29-22-13-7-9-16-8-6-12-20(23(16)22)27-25(18)29;1-2/h5-9,11-15,17H,3-4,10H2,1-2H3;1-2H3. The van der Waals surface area contributed by atoms with Crippen molar-refractivity contribution in [2.24, 2.45) is 0 Å². The summed E-state index contributed by atoms with van der Waals surface area (Å²) < 4.78 is 1.83. The van der Waals surface area contributed by atoms with E-state index in [2.05, 4.69) is 49.2 Å².